The van der Waals surface area contributed by atoms with Crippen LogP contribution >= 0.6 is 15.9 Å². The molecule has 1 saturated carbocycles. The van der Waals surface area contributed by atoms with E-state index in [2.05, 4.69) is 21.2 Å². The van der Waals surface area contributed by atoms with Gasteiger partial charge in [-0.15, -0.1) is 0 Å². The lowest BCUT2D eigenvalue weighted by Crippen LogP contribution is -2.23. The van der Waals surface area contributed by atoms with Crippen LogP contribution in [0.5, 0.6) is 5.75 Å². The van der Waals surface area contributed by atoms with Crippen molar-refractivity contribution in [3.63, 3.8) is 0 Å². The van der Waals surface area contributed by atoms with E-state index in [1.807, 2.05) is 0 Å². The number of nitrogens with one attached hydrogen (secondary N) is 1. The maximum Gasteiger partial charge on any atom is 0.169 e. The Labute approximate surface area is 101 Å². The molecule has 0 heterocycles. The Hall–Kier alpha value is -0.680. The van der Waals surface area contributed by atoms with Gasteiger partial charge in [-0.1, -0.05) is 0 Å². The van der Waals surface area contributed by atoms with E-state index in [-0.39, 0.29) is 5.75 Å². The van der Waals surface area contributed by atoms with E-state index >= 15 is 0 Å². The number of hydrogen-bond donors (Lipinski definition) is 1. The van der Waals surface area contributed by atoms with E-state index in [4.69, 9.17) is 4.74 Å². The molecule has 1 aromatic rings. The van der Waals surface area contributed by atoms with Gasteiger partial charge in [0.05, 0.1) is 4.47 Å². The summed E-state index contributed by atoms with van der Waals surface area (Å²) in [5, 5.41) is 3.24. The van der Waals surface area contributed by atoms with Gasteiger partial charge in [0.15, 0.2) is 11.6 Å². The normalized spacial score (nSPS) is 15.2. The molecule has 5 heteroatoms. The van der Waals surface area contributed by atoms with Crippen LogP contribution in [0.4, 0.5) is 8.78 Å². The zero-order valence-corrected chi connectivity index (χ0v) is 10.2. The maximum atomic E-state index is 13.3. The molecule has 2 rings (SSSR count). The van der Waals surface area contributed by atoms with Gasteiger partial charge in [-0.2, -0.15) is 0 Å². The molecule has 0 atom stereocenters. The van der Waals surface area contributed by atoms with E-state index in [0.29, 0.717) is 23.7 Å². The molecule has 1 aliphatic carbocycles. The first kappa shape index (κ1) is 11.8. The number of halogens is 3. The second-order valence-corrected chi connectivity index (χ2v) is 4.63. The predicted octanol–water partition coefficient (Wildman–Crippen LogP) is 2.86. The summed E-state index contributed by atoms with van der Waals surface area (Å²) in [5.74, 6) is -1.23. The van der Waals surface area contributed by atoms with E-state index in [1.54, 1.807) is 0 Å². The van der Waals surface area contributed by atoms with E-state index < -0.39 is 11.6 Å². The van der Waals surface area contributed by atoms with Crippen LogP contribution in [0.25, 0.3) is 0 Å². The highest BCUT2D eigenvalue weighted by Gasteiger charge is 2.19. The van der Waals surface area contributed by atoms with Gasteiger partial charge in [-0.3, -0.25) is 0 Å². The Morgan fingerprint density at radius 1 is 1.38 bits per heavy atom. The monoisotopic (exact) mass is 291 g/mol. The molecule has 0 bridgehead atoms. The highest BCUT2D eigenvalue weighted by atomic mass is 79.9. The molecule has 2 nitrogen and oxygen atoms in total. The molecule has 1 N–H and O–H groups in total. The van der Waals surface area contributed by atoms with Gasteiger partial charge in [0.1, 0.15) is 12.4 Å². The molecule has 0 unspecified atom stereocenters. The van der Waals surface area contributed by atoms with Crippen molar-refractivity contribution in [2.24, 2.45) is 0 Å². The third kappa shape index (κ3) is 3.15. The summed E-state index contributed by atoms with van der Waals surface area (Å²) in [6.45, 7) is 1.05. The number of ether oxygens (including phenoxy) is 1. The van der Waals surface area contributed by atoms with Crippen molar-refractivity contribution in [2.45, 2.75) is 18.9 Å². The number of hydrogen-bond acceptors (Lipinski definition) is 2. The Bertz CT molecular complexity index is 359. The molecule has 0 amide bonds. The van der Waals surface area contributed by atoms with Crippen molar-refractivity contribution in [3.8, 4) is 5.75 Å². The third-order valence-corrected chi connectivity index (χ3v) is 2.91. The van der Waals surface area contributed by atoms with Gasteiger partial charge >= 0.3 is 0 Å². The van der Waals surface area contributed by atoms with Crippen LogP contribution in [-0.4, -0.2) is 19.2 Å². The molecule has 16 heavy (non-hydrogen) atoms. The lowest BCUT2D eigenvalue weighted by atomic mass is 10.3. The first-order valence-corrected chi connectivity index (χ1v) is 5.97. The van der Waals surface area contributed by atoms with Crippen molar-refractivity contribution < 1.29 is 13.5 Å². The average Bonchev–Trinajstić information content (AvgIpc) is 2.98. The largest absolute Gasteiger partial charge is 0.488 e. The van der Waals surface area contributed by atoms with Crippen LogP contribution in [0, 0.1) is 11.6 Å². The van der Waals surface area contributed by atoms with E-state index in [0.717, 1.165) is 6.07 Å². The van der Waals surface area contributed by atoms with Crippen molar-refractivity contribution in [3.05, 3.63) is 28.2 Å². The fraction of sp³-hybridized carbons (Fsp3) is 0.455. The second-order valence-electron chi connectivity index (χ2n) is 3.78. The Morgan fingerprint density at radius 2 is 2.12 bits per heavy atom. The van der Waals surface area contributed by atoms with Gasteiger partial charge in [0.2, 0.25) is 0 Å². The molecular formula is C11H12BrF2NO. The lowest BCUT2D eigenvalue weighted by Gasteiger charge is -2.09. The smallest absolute Gasteiger partial charge is 0.169 e. The van der Waals surface area contributed by atoms with Crippen LogP contribution < -0.4 is 10.1 Å². The van der Waals surface area contributed by atoms with E-state index in [9.17, 15) is 8.78 Å². The van der Waals surface area contributed by atoms with Crippen molar-refractivity contribution in [1.82, 2.24) is 5.32 Å². The van der Waals surface area contributed by atoms with Crippen molar-refractivity contribution in [1.29, 1.82) is 0 Å². The minimum absolute atomic E-state index is 0.0685. The third-order valence-electron chi connectivity index (χ3n) is 2.32. The molecule has 0 saturated heterocycles. The molecule has 0 spiro atoms. The minimum Gasteiger partial charge on any atom is -0.488 e. The average molecular weight is 292 g/mol. The lowest BCUT2D eigenvalue weighted by molar-refractivity contribution is 0.295. The van der Waals surface area contributed by atoms with Crippen LogP contribution in [-0.2, 0) is 0 Å². The van der Waals surface area contributed by atoms with Crippen LogP contribution in [0.2, 0.25) is 0 Å². The van der Waals surface area contributed by atoms with Gasteiger partial charge in [-0.25, -0.2) is 8.78 Å². The summed E-state index contributed by atoms with van der Waals surface area (Å²) in [5.41, 5.74) is 0. The first-order valence-electron chi connectivity index (χ1n) is 5.17. The summed E-state index contributed by atoms with van der Waals surface area (Å²) in [6, 6.07) is 2.60. The Morgan fingerprint density at radius 3 is 2.75 bits per heavy atom. The summed E-state index contributed by atoms with van der Waals surface area (Å²) in [6.07, 6.45) is 2.41. The standard InChI is InChI=1S/C11H12BrF2NO/c12-9-5-7(13)6-10(14)11(9)16-4-3-15-8-1-2-8/h5-6,8,15H,1-4H2. The van der Waals surface area contributed by atoms with E-state index in [1.165, 1.54) is 18.9 Å². The van der Waals surface area contributed by atoms with Gasteiger partial charge in [0, 0.05) is 18.7 Å². The molecule has 1 aliphatic rings. The molecule has 0 aromatic heterocycles. The maximum absolute atomic E-state index is 13.3. The summed E-state index contributed by atoms with van der Waals surface area (Å²) in [4.78, 5) is 0. The summed E-state index contributed by atoms with van der Waals surface area (Å²) >= 11 is 3.07. The molecule has 0 radical (unpaired) electrons. The quantitative estimate of drug-likeness (QED) is 0.843. The zero-order chi connectivity index (χ0) is 11.5. The summed E-state index contributed by atoms with van der Waals surface area (Å²) in [7, 11) is 0. The first-order chi connectivity index (χ1) is 7.66. The molecule has 1 fully saturated rings. The molecule has 1 aromatic carbocycles. The predicted molar refractivity (Wildman–Crippen MR) is 60.6 cm³/mol. The van der Waals surface area contributed by atoms with Gasteiger partial charge in [0.25, 0.3) is 0 Å². The Balaban J connectivity index is 1.87. The van der Waals surface area contributed by atoms with Gasteiger partial charge in [-0.05, 0) is 34.8 Å². The molecular weight excluding hydrogens is 280 g/mol. The minimum atomic E-state index is -0.682. The van der Waals surface area contributed by atoms with Crippen LogP contribution in [0.1, 0.15) is 12.8 Å². The highest BCUT2D eigenvalue weighted by Crippen LogP contribution is 2.29. The summed E-state index contributed by atoms with van der Waals surface area (Å²) < 4.78 is 31.6. The van der Waals surface area contributed by atoms with Crippen LogP contribution in [0.3, 0.4) is 0 Å². The van der Waals surface area contributed by atoms with Gasteiger partial charge < -0.3 is 10.1 Å². The molecule has 88 valence electrons. The fourth-order valence-electron chi connectivity index (χ4n) is 1.37. The second kappa shape index (κ2) is 5.10. The zero-order valence-electron chi connectivity index (χ0n) is 8.60. The SMILES string of the molecule is Fc1cc(F)c(OCCNC2CC2)c(Br)c1. The topological polar surface area (TPSA) is 21.3 Å². The van der Waals surface area contributed by atoms with Crippen molar-refractivity contribution >= 4 is 15.9 Å². The fourth-order valence-corrected chi connectivity index (χ4v) is 1.89. The molecule has 0 aliphatic heterocycles. The number of rotatable bonds is 5. The highest BCUT2D eigenvalue weighted by molar-refractivity contribution is 9.10. The number of benzene rings is 1. The van der Waals surface area contributed by atoms with Crippen LogP contribution in [0.15, 0.2) is 16.6 Å². The Kier molecular flexibility index (Phi) is 3.76. The van der Waals surface area contributed by atoms with Crippen molar-refractivity contribution in [2.75, 3.05) is 13.2 Å².